The molecule has 0 spiro atoms. The quantitative estimate of drug-likeness (QED) is 0.461. The monoisotopic (exact) mass is 233 g/mol. The number of ether oxygens (including phenoxy) is 1. The first-order chi connectivity index (χ1) is 5.57. The maximum absolute atomic E-state index is 5.41. The van der Waals surface area contributed by atoms with Crippen LogP contribution < -0.4 is 5.73 Å². The molecule has 0 bridgehead atoms. The fourth-order valence-corrected chi connectivity index (χ4v) is 0.868. The Labute approximate surface area is 82.6 Å². The van der Waals surface area contributed by atoms with Crippen LogP contribution in [0.15, 0.2) is 22.5 Å². The highest BCUT2D eigenvalue weighted by molar-refractivity contribution is 9.11. The predicted octanol–water partition coefficient (Wildman–Crippen LogP) is 2.76. The van der Waals surface area contributed by atoms with Crippen molar-refractivity contribution < 1.29 is 4.74 Å². The van der Waals surface area contributed by atoms with Crippen molar-refractivity contribution in [1.82, 2.24) is 0 Å². The van der Waals surface area contributed by atoms with E-state index in [0.717, 1.165) is 5.76 Å². The van der Waals surface area contributed by atoms with Crippen molar-refractivity contribution in [3.63, 3.8) is 0 Å². The van der Waals surface area contributed by atoms with Crippen molar-refractivity contribution in [3.8, 4) is 0 Å². The average molecular weight is 234 g/mol. The second-order valence-corrected chi connectivity index (χ2v) is 3.62. The lowest BCUT2D eigenvalue weighted by atomic mass is 10.1. The maximum Gasteiger partial charge on any atom is 0.0985 e. The minimum absolute atomic E-state index is 0.396. The predicted molar refractivity (Wildman–Crippen MR) is 55.7 cm³/mol. The minimum atomic E-state index is 0.396. The van der Waals surface area contributed by atoms with E-state index in [4.69, 9.17) is 10.5 Å². The van der Waals surface area contributed by atoms with Crippen molar-refractivity contribution in [2.45, 2.75) is 20.8 Å². The van der Waals surface area contributed by atoms with Crippen molar-refractivity contribution in [3.05, 3.63) is 22.5 Å². The molecule has 0 unspecified atom stereocenters. The van der Waals surface area contributed by atoms with Gasteiger partial charge in [0, 0.05) is 5.92 Å². The number of rotatable bonds is 4. The van der Waals surface area contributed by atoms with Gasteiger partial charge in [0.2, 0.25) is 0 Å². The molecule has 0 saturated heterocycles. The second kappa shape index (κ2) is 6.12. The number of nitrogens with two attached hydrogens (primary N) is 1. The van der Waals surface area contributed by atoms with Gasteiger partial charge in [-0.2, -0.15) is 0 Å². The van der Waals surface area contributed by atoms with Crippen LogP contribution in [0.2, 0.25) is 0 Å². The molecule has 0 amide bonds. The van der Waals surface area contributed by atoms with E-state index in [9.17, 15) is 0 Å². The zero-order valence-corrected chi connectivity index (χ0v) is 9.39. The van der Waals surface area contributed by atoms with Crippen molar-refractivity contribution in [2.75, 3.05) is 6.61 Å². The highest BCUT2D eigenvalue weighted by atomic mass is 79.9. The Hall–Kier alpha value is -0.440. The van der Waals surface area contributed by atoms with Gasteiger partial charge in [-0.15, -0.1) is 0 Å². The highest BCUT2D eigenvalue weighted by Crippen LogP contribution is 2.11. The van der Waals surface area contributed by atoms with Crippen LogP contribution in [0.4, 0.5) is 0 Å². The molecule has 0 fully saturated rings. The van der Waals surface area contributed by atoms with Gasteiger partial charge in [0.1, 0.15) is 0 Å². The van der Waals surface area contributed by atoms with E-state index >= 15 is 0 Å². The Morgan fingerprint density at radius 3 is 2.42 bits per heavy atom. The smallest absolute Gasteiger partial charge is 0.0985 e. The van der Waals surface area contributed by atoms with Crippen LogP contribution in [0, 0.1) is 5.92 Å². The van der Waals surface area contributed by atoms with Crippen LogP contribution in [-0.4, -0.2) is 6.61 Å². The van der Waals surface area contributed by atoms with Gasteiger partial charge in [0.05, 0.1) is 17.0 Å². The summed E-state index contributed by atoms with van der Waals surface area (Å²) >= 11 is 3.14. The Bertz CT molecular complexity index is 181. The molecule has 0 heterocycles. The molecule has 12 heavy (non-hydrogen) atoms. The molecule has 0 aliphatic rings. The Balaban J connectivity index is 4.28. The van der Waals surface area contributed by atoms with Gasteiger partial charge in [-0.1, -0.05) is 13.8 Å². The summed E-state index contributed by atoms with van der Waals surface area (Å²) in [7, 11) is 0. The molecule has 0 aliphatic heterocycles. The Morgan fingerprint density at radius 2 is 2.08 bits per heavy atom. The summed E-state index contributed by atoms with van der Waals surface area (Å²) in [4.78, 5) is 0. The summed E-state index contributed by atoms with van der Waals surface area (Å²) < 4.78 is 6.01. The normalized spacial score (nSPS) is 13.8. The molecule has 0 aliphatic carbocycles. The van der Waals surface area contributed by atoms with E-state index in [1.165, 1.54) is 0 Å². The molecule has 0 aromatic rings. The van der Waals surface area contributed by atoms with Crippen molar-refractivity contribution >= 4 is 15.9 Å². The SMILES string of the molecule is CCO/C(=C/C=C(\N)Br)C(C)C. The molecule has 0 aromatic carbocycles. The largest absolute Gasteiger partial charge is 0.498 e. The van der Waals surface area contributed by atoms with Crippen molar-refractivity contribution in [1.29, 1.82) is 0 Å². The number of hydrogen-bond acceptors (Lipinski definition) is 2. The van der Waals surface area contributed by atoms with E-state index in [-0.39, 0.29) is 0 Å². The molecule has 3 heteroatoms. The second-order valence-electron chi connectivity index (χ2n) is 2.71. The molecular weight excluding hydrogens is 218 g/mol. The maximum atomic E-state index is 5.41. The zero-order chi connectivity index (χ0) is 9.56. The first-order valence-corrected chi connectivity index (χ1v) is 4.82. The third-order valence-corrected chi connectivity index (χ3v) is 1.55. The summed E-state index contributed by atoms with van der Waals surface area (Å²) in [6.07, 6.45) is 3.67. The van der Waals surface area contributed by atoms with E-state index in [0.29, 0.717) is 17.1 Å². The topological polar surface area (TPSA) is 35.2 Å². The molecule has 2 N–H and O–H groups in total. The van der Waals surface area contributed by atoms with Gasteiger partial charge in [-0.05, 0) is 35.0 Å². The zero-order valence-electron chi connectivity index (χ0n) is 7.80. The van der Waals surface area contributed by atoms with E-state index in [2.05, 4.69) is 29.8 Å². The van der Waals surface area contributed by atoms with Gasteiger partial charge in [-0.3, -0.25) is 0 Å². The standard InChI is InChI=1S/C9H16BrNO/c1-4-12-8(7(2)3)5-6-9(10)11/h5-7H,4,11H2,1-3H3/b8-5+,9-6-. The molecular formula is C9H16BrNO. The van der Waals surface area contributed by atoms with E-state index in [1.807, 2.05) is 13.0 Å². The molecule has 2 nitrogen and oxygen atoms in total. The van der Waals surface area contributed by atoms with Gasteiger partial charge < -0.3 is 10.5 Å². The van der Waals surface area contributed by atoms with Crippen LogP contribution >= 0.6 is 15.9 Å². The van der Waals surface area contributed by atoms with Crippen molar-refractivity contribution in [2.24, 2.45) is 11.7 Å². The Morgan fingerprint density at radius 1 is 1.50 bits per heavy atom. The summed E-state index contributed by atoms with van der Waals surface area (Å²) in [6, 6.07) is 0. The molecule has 0 rings (SSSR count). The summed E-state index contributed by atoms with van der Waals surface area (Å²) in [6.45, 7) is 6.83. The van der Waals surface area contributed by atoms with Crippen LogP contribution in [0.3, 0.4) is 0 Å². The number of halogens is 1. The fraction of sp³-hybridized carbons (Fsp3) is 0.556. The van der Waals surface area contributed by atoms with Gasteiger partial charge in [0.15, 0.2) is 0 Å². The molecule has 0 atom stereocenters. The fourth-order valence-electron chi connectivity index (χ4n) is 0.736. The molecule has 0 aromatic heterocycles. The lowest BCUT2D eigenvalue weighted by Gasteiger charge is -2.10. The first-order valence-electron chi connectivity index (χ1n) is 4.03. The van der Waals surface area contributed by atoms with Crippen LogP contribution in [0.5, 0.6) is 0 Å². The minimum Gasteiger partial charge on any atom is -0.498 e. The number of allylic oxidation sites excluding steroid dienone is 3. The van der Waals surface area contributed by atoms with Gasteiger partial charge >= 0.3 is 0 Å². The van der Waals surface area contributed by atoms with Gasteiger partial charge in [0.25, 0.3) is 0 Å². The Kier molecular flexibility index (Phi) is 5.89. The molecule has 0 saturated carbocycles. The third kappa shape index (κ3) is 5.24. The molecule has 0 radical (unpaired) electrons. The van der Waals surface area contributed by atoms with Gasteiger partial charge in [-0.25, -0.2) is 0 Å². The van der Waals surface area contributed by atoms with E-state index in [1.54, 1.807) is 6.08 Å². The third-order valence-electron chi connectivity index (χ3n) is 1.29. The first kappa shape index (κ1) is 11.6. The summed E-state index contributed by atoms with van der Waals surface area (Å²) in [5, 5.41) is 0. The molecule has 70 valence electrons. The summed E-state index contributed by atoms with van der Waals surface area (Å²) in [5.74, 6) is 1.35. The van der Waals surface area contributed by atoms with Crippen LogP contribution in [0.1, 0.15) is 20.8 Å². The average Bonchev–Trinajstić information content (AvgIpc) is 1.96. The highest BCUT2D eigenvalue weighted by Gasteiger charge is 2.01. The van der Waals surface area contributed by atoms with Crippen LogP contribution in [-0.2, 0) is 4.74 Å². The lowest BCUT2D eigenvalue weighted by Crippen LogP contribution is -1.99. The van der Waals surface area contributed by atoms with Crippen LogP contribution in [0.25, 0.3) is 0 Å². The lowest BCUT2D eigenvalue weighted by molar-refractivity contribution is 0.200. The number of hydrogen-bond donors (Lipinski definition) is 1. The summed E-state index contributed by atoms with van der Waals surface area (Å²) in [5.41, 5.74) is 5.41. The van der Waals surface area contributed by atoms with E-state index < -0.39 is 0 Å².